The maximum absolute atomic E-state index is 11.7. The third kappa shape index (κ3) is 5.53. The molecule has 1 aliphatic carbocycles. The SMILES string of the molecule is Cc1nc(CC(=O)NCCSC2CCCCC2)cs1. The van der Waals surface area contributed by atoms with Gasteiger partial charge in [-0.05, 0) is 19.8 Å². The summed E-state index contributed by atoms with van der Waals surface area (Å²) >= 11 is 3.62. The Labute approximate surface area is 123 Å². The van der Waals surface area contributed by atoms with Crippen LogP contribution >= 0.6 is 23.1 Å². The molecule has 0 atom stereocenters. The minimum Gasteiger partial charge on any atom is -0.355 e. The molecule has 2 rings (SSSR count). The van der Waals surface area contributed by atoms with Crippen LogP contribution in [0.2, 0.25) is 0 Å². The van der Waals surface area contributed by atoms with Crippen LogP contribution in [-0.4, -0.2) is 28.4 Å². The topological polar surface area (TPSA) is 42.0 Å². The van der Waals surface area contributed by atoms with E-state index in [0.717, 1.165) is 28.2 Å². The normalized spacial score (nSPS) is 16.5. The minimum absolute atomic E-state index is 0.0922. The predicted molar refractivity (Wildman–Crippen MR) is 82.9 cm³/mol. The molecule has 0 aliphatic heterocycles. The Morgan fingerprint density at radius 3 is 2.95 bits per heavy atom. The number of amides is 1. The van der Waals surface area contributed by atoms with E-state index in [-0.39, 0.29) is 5.91 Å². The first-order valence-corrected chi connectivity index (χ1v) is 8.96. The lowest BCUT2D eigenvalue weighted by atomic mass is 10.0. The fourth-order valence-electron chi connectivity index (χ4n) is 2.36. The van der Waals surface area contributed by atoms with E-state index < -0.39 is 0 Å². The highest BCUT2D eigenvalue weighted by molar-refractivity contribution is 7.99. The zero-order chi connectivity index (χ0) is 13.5. The van der Waals surface area contributed by atoms with Crippen LogP contribution in [0.1, 0.15) is 42.8 Å². The summed E-state index contributed by atoms with van der Waals surface area (Å²) in [7, 11) is 0. The molecule has 1 saturated carbocycles. The standard InChI is InChI=1S/C14H22N2OS2/c1-11-16-12(10-19-11)9-14(17)15-7-8-18-13-5-3-2-4-6-13/h10,13H,2-9H2,1H3,(H,15,17). The van der Waals surface area contributed by atoms with E-state index >= 15 is 0 Å². The predicted octanol–water partition coefficient (Wildman–Crippen LogP) is 3.18. The second kappa shape index (κ2) is 7.90. The molecule has 1 fully saturated rings. The van der Waals surface area contributed by atoms with Crippen molar-refractivity contribution in [2.24, 2.45) is 0 Å². The van der Waals surface area contributed by atoms with Crippen LogP contribution < -0.4 is 5.32 Å². The highest BCUT2D eigenvalue weighted by atomic mass is 32.2. The number of aryl methyl sites for hydroxylation is 1. The van der Waals surface area contributed by atoms with Crippen molar-refractivity contribution in [2.45, 2.75) is 50.7 Å². The molecule has 1 heterocycles. The van der Waals surface area contributed by atoms with Crippen molar-refractivity contribution < 1.29 is 4.79 Å². The van der Waals surface area contributed by atoms with Gasteiger partial charge in [-0.25, -0.2) is 4.98 Å². The van der Waals surface area contributed by atoms with Gasteiger partial charge in [0.25, 0.3) is 0 Å². The molecule has 0 spiro atoms. The first-order chi connectivity index (χ1) is 9.24. The monoisotopic (exact) mass is 298 g/mol. The van der Waals surface area contributed by atoms with E-state index in [9.17, 15) is 4.79 Å². The second-order valence-corrected chi connectivity index (χ2v) is 7.49. The third-order valence-corrected chi connectivity index (χ3v) is 5.54. The van der Waals surface area contributed by atoms with Crippen molar-refractivity contribution in [1.29, 1.82) is 0 Å². The first kappa shape index (κ1) is 14.9. The molecular weight excluding hydrogens is 276 g/mol. The molecule has 1 N–H and O–H groups in total. The molecule has 1 aromatic heterocycles. The molecular formula is C14H22N2OS2. The summed E-state index contributed by atoms with van der Waals surface area (Å²) in [5.74, 6) is 1.13. The molecule has 19 heavy (non-hydrogen) atoms. The van der Waals surface area contributed by atoms with Gasteiger partial charge in [0.1, 0.15) is 0 Å². The number of carbonyl (C=O) groups is 1. The minimum atomic E-state index is 0.0922. The largest absolute Gasteiger partial charge is 0.355 e. The lowest BCUT2D eigenvalue weighted by Gasteiger charge is -2.20. The number of carbonyl (C=O) groups excluding carboxylic acids is 1. The van der Waals surface area contributed by atoms with E-state index in [4.69, 9.17) is 0 Å². The van der Waals surface area contributed by atoms with Gasteiger partial charge >= 0.3 is 0 Å². The fraction of sp³-hybridized carbons (Fsp3) is 0.714. The summed E-state index contributed by atoms with van der Waals surface area (Å²) in [6.45, 7) is 2.75. The van der Waals surface area contributed by atoms with Gasteiger partial charge < -0.3 is 5.32 Å². The van der Waals surface area contributed by atoms with Crippen LogP contribution in [0.3, 0.4) is 0 Å². The number of aromatic nitrogens is 1. The van der Waals surface area contributed by atoms with Crippen molar-refractivity contribution in [3.8, 4) is 0 Å². The quantitative estimate of drug-likeness (QED) is 0.820. The Morgan fingerprint density at radius 1 is 1.47 bits per heavy atom. The molecule has 0 unspecified atom stereocenters. The second-order valence-electron chi connectivity index (χ2n) is 5.02. The average Bonchev–Trinajstić information content (AvgIpc) is 2.81. The van der Waals surface area contributed by atoms with E-state index in [1.54, 1.807) is 11.3 Å². The summed E-state index contributed by atoms with van der Waals surface area (Å²) in [4.78, 5) is 16.0. The van der Waals surface area contributed by atoms with Gasteiger partial charge in [-0.2, -0.15) is 11.8 Å². The average molecular weight is 298 g/mol. The third-order valence-electron chi connectivity index (χ3n) is 3.34. The number of nitrogens with zero attached hydrogens (tertiary/aromatic N) is 1. The zero-order valence-corrected chi connectivity index (χ0v) is 13.1. The molecule has 0 bridgehead atoms. The van der Waals surface area contributed by atoms with Crippen LogP contribution in [-0.2, 0) is 11.2 Å². The number of thiazole rings is 1. The summed E-state index contributed by atoms with van der Waals surface area (Å²) in [5.41, 5.74) is 0.889. The summed E-state index contributed by atoms with van der Waals surface area (Å²) < 4.78 is 0. The van der Waals surface area contributed by atoms with Gasteiger partial charge in [-0.15, -0.1) is 11.3 Å². The van der Waals surface area contributed by atoms with Gasteiger partial charge in [0.2, 0.25) is 5.91 Å². The lowest BCUT2D eigenvalue weighted by Crippen LogP contribution is -2.28. The summed E-state index contributed by atoms with van der Waals surface area (Å²) in [6.07, 6.45) is 7.30. The van der Waals surface area contributed by atoms with Crippen LogP contribution in [0.15, 0.2) is 5.38 Å². The highest BCUT2D eigenvalue weighted by Crippen LogP contribution is 2.27. The van der Waals surface area contributed by atoms with Crippen LogP contribution in [0, 0.1) is 6.92 Å². The number of nitrogens with one attached hydrogen (secondary N) is 1. The molecule has 0 radical (unpaired) electrons. The maximum atomic E-state index is 11.7. The molecule has 0 saturated heterocycles. The number of hydrogen-bond acceptors (Lipinski definition) is 4. The number of thioether (sulfide) groups is 1. The number of hydrogen-bond donors (Lipinski definition) is 1. The van der Waals surface area contributed by atoms with Gasteiger partial charge in [0, 0.05) is 22.9 Å². The van der Waals surface area contributed by atoms with E-state index in [2.05, 4.69) is 10.3 Å². The van der Waals surface area contributed by atoms with Crippen LogP contribution in [0.4, 0.5) is 0 Å². The van der Waals surface area contributed by atoms with Gasteiger partial charge in [-0.3, -0.25) is 4.79 Å². The van der Waals surface area contributed by atoms with Gasteiger partial charge in [-0.1, -0.05) is 19.3 Å². The van der Waals surface area contributed by atoms with Crippen LogP contribution in [0.25, 0.3) is 0 Å². The van der Waals surface area contributed by atoms with E-state index in [0.29, 0.717) is 6.42 Å². The van der Waals surface area contributed by atoms with Crippen molar-refractivity contribution in [3.63, 3.8) is 0 Å². The Morgan fingerprint density at radius 2 is 2.26 bits per heavy atom. The van der Waals surface area contributed by atoms with Crippen molar-refractivity contribution in [3.05, 3.63) is 16.1 Å². The van der Waals surface area contributed by atoms with Crippen LogP contribution in [0.5, 0.6) is 0 Å². The molecule has 1 aromatic rings. The Bertz CT molecular complexity index is 400. The van der Waals surface area contributed by atoms with Crippen molar-refractivity contribution >= 4 is 29.0 Å². The smallest absolute Gasteiger partial charge is 0.226 e. The molecule has 3 nitrogen and oxygen atoms in total. The van der Waals surface area contributed by atoms with E-state index in [1.807, 2.05) is 24.1 Å². The molecule has 0 aromatic carbocycles. The van der Waals surface area contributed by atoms with Crippen molar-refractivity contribution in [2.75, 3.05) is 12.3 Å². The lowest BCUT2D eigenvalue weighted by molar-refractivity contribution is -0.120. The van der Waals surface area contributed by atoms with Crippen molar-refractivity contribution in [1.82, 2.24) is 10.3 Å². The Balaban J connectivity index is 1.56. The molecule has 5 heteroatoms. The molecule has 1 aliphatic rings. The Kier molecular flexibility index (Phi) is 6.17. The molecule has 106 valence electrons. The maximum Gasteiger partial charge on any atom is 0.226 e. The Hall–Kier alpha value is -0.550. The van der Waals surface area contributed by atoms with Gasteiger partial charge in [0.05, 0.1) is 17.1 Å². The summed E-state index contributed by atoms with van der Waals surface area (Å²) in [5, 5.41) is 6.80. The zero-order valence-electron chi connectivity index (χ0n) is 11.5. The fourth-order valence-corrected chi connectivity index (χ4v) is 4.20. The first-order valence-electron chi connectivity index (χ1n) is 7.03. The number of rotatable bonds is 6. The van der Waals surface area contributed by atoms with E-state index in [1.165, 1.54) is 32.1 Å². The molecule has 1 amide bonds. The highest BCUT2D eigenvalue weighted by Gasteiger charge is 2.13. The summed E-state index contributed by atoms with van der Waals surface area (Å²) in [6, 6.07) is 0. The van der Waals surface area contributed by atoms with Gasteiger partial charge in [0.15, 0.2) is 0 Å².